The highest BCUT2D eigenvalue weighted by atomic mass is 16.1. The topological polar surface area (TPSA) is 64.2 Å². The van der Waals surface area contributed by atoms with Crippen LogP contribution in [0.4, 0.5) is 0 Å². The molecule has 0 aliphatic carbocycles. The van der Waals surface area contributed by atoms with E-state index in [2.05, 4.69) is 17.9 Å². The molecule has 5 nitrogen and oxygen atoms in total. The van der Waals surface area contributed by atoms with Crippen LogP contribution in [0.5, 0.6) is 0 Å². The molecular formula is C22H23N4O. The number of benzene rings is 2. The van der Waals surface area contributed by atoms with E-state index in [1.54, 1.807) is 0 Å². The second-order valence-corrected chi connectivity index (χ2v) is 7.05. The summed E-state index contributed by atoms with van der Waals surface area (Å²) in [6.45, 7) is 5.53. The van der Waals surface area contributed by atoms with Crippen LogP contribution in [0.3, 0.4) is 0 Å². The standard InChI is InChI=1S/C22H23N4O/c1-15-20(16(2)26(24-15)18-9-4-3-5-10-18)14-25-13-12-17-8-6-7-11-19(17)21(25)22(23)27/h3-5,7-11,21H,12-14H2,1-2H3,(H2,23,27). The molecule has 0 fully saturated rings. The predicted molar refractivity (Wildman–Crippen MR) is 104 cm³/mol. The van der Waals surface area contributed by atoms with Gasteiger partial charge in [-0.2, -0.15) is 5.10 Å². The summed E-state index contributed by atoms with van der Waals surface area (Å²) in [5.74, 6) is -0.312. The molecule has 0 spiro atoms. The van der Waals surface area contributed by atoms with Crippen LogP contribution in [-0.4, -0.2) is 27.1 Å². The van der Waals surface area contributed by atoms with E-state index in [-0.39, 0.29) is 5.91 Å². The highest BCUT2D eigenvalue weighted by molar-refractivity contribution is 5.82. The Morgan fingerprint density at radius 2 is 2.04 bits per heavy atom. The van der Waals surface area contributed by atoms with Gasteiger partial charge < -0.3 is 5.73 Å². The van der Waals surface area contributed by atoms with E-state index in [1.807, 2.05) is 60.1 Å². The van der Waals surface area contributed by atoms with Crippen LogP contribution in [-0.2, 0) is 17.8 Å². The number of fused-ring (bicyclic) bond motifs is 1. The number of para-hydroxylation sites is 1. The summed E-state index contributed by atoms with van der Waals surface area (Å²) in [7, 11) is 0. The zero-order valence-corrected chi connectivity index (χ0v) is 15.6. The zero-order valence-electron chi connectivity index (χ0n) is 15.6. The van der Waals surface area contributed by atoms with Crippen LogP contribution in [0.25, 0.3) is 5.69 Å². The van der Waals surface area contributed by atoms with Crippen LogP contribution in [0, 0.1) is 19.9 Å². The summed E-state index contributed by atoms with van der Waals surface area (Å²) >= 11 is 0. The number of primary amides is 1. The number of aryl methyl sites for hydroxylation is 1. The number of aromatic nitrogens is 2. The SMILES string of the molecule is Cc1nn(-c2ccccc2)c(C)c1CN1CCc2c[c]ccc2C1C(N)=O. The third kappa shape index (κ3) is 3.15. The third-order valence-electron chi connectivity index (χ3n) is 5.39. The molecule has 1 aliphatic heterocycles. The molecule has 1 aliphatic rings. The van der Waals surface area contributed by atoms with Crippen molar-refractivity contribution in [3.05, 3.63) is 82.7 Å². The first-order chi connectivity index (χ1) is 13.1. The summed E-state index contributed by atoms with van der Waals surface area (Å²) in [6.07, 6.45) is 0.890. The van der Waals surface area contributed by atoms with Crippen LogP contribution in [0.15, 0.2) is 48.5 Å². The Morgan fingerprint density at radius 1 is 1.26 bits per heavy atom. The van der Waals surface area contributed by atoms with E-state index >= 15 is 0 Å². The minimum absolute atomic E-state index is 0.312. The molecule has 0 saturated carbocycles. The van der Waals surface area contributed by atoms with Crippen molar-refractivity contribution in [1.29, 1.82) is 0 Å². The van der Waals surface area contributed by atoms with Gasteiger partial charge in [0, 0.05) is 24.3 Å². The van der Waals surface area contributed by atoms with E-state index in [0.29, 0.717) is 6.54 Å². The second kappa shape index (κ2) is 7.00. The third-order valence-corrected chi connectivity index (χ3v) is 5.39. The van der Waals surface area contributed by atoms with Gasteiger partial charge in [-0.15, -0.1) is 0 Å². The van der Waals surface area contributed by atoms with E-state index < -0.39 is 6.04 Å². The van der Waals surface area contributed by atoms with Gasteiger partial charge >= 0.3 is 0 Å². The quantitative estimate of drug-likeness (QED) is 0.779. The number of rotatable bonds is 4. The average molecular weight is 359 g/mol. The molecule has 1 atom stereocenters. The number of amides is 1. The minimum atomic E-state index is -0.415. The van der Waals surface area contributed by atoms with E-state index in [1.165, 1.54) is 0 Å². The molecule has 1 radical (unpaired) electrons. The monoisotopic (exact) mass is 359 g/mol. The molecule has 3 aromatic rings. The summed E-state index contributed by atoms with van der Waals surface area (Å²) < 4.78 is 1.97. The molecule has 2 aromatic carbocycles. The first-order valence-electron chi connectivity index (χ1n) is 9.19. The number of carbonyl (C=O) groups excluding carboxylic acids is 1. The second-order valence-electron chi connectivity index (χ2n) is 7.05. The lowest BCUT2D eigenvalue weighted by Crippen LogP contribution is -2.42. The van der Waals surface area contributed by atoms with Crippen molar-refractivity contribution in [3.8, 4) is 5.69 Å². The highest BCUT2D eigenvalue weighted by Crippen LogP contribution is 2.32. The van der Waals surface area contributed by atoms with Gasteiger partial charge in [-0.3, -0.25) is 9.69 Å². The lowest BCUT2D eigenvalue weighted by atomic mass is 9.91. The van der Waals surface area contributed by atoms with E-state index in [0.717, 1.165) is 46.7 Å². The number of nitrogens with zero attached hydrogens (tertiary/aromatic N) is 3. The number of hydrogen-bond acceptors (Lipinski definition) is 3. The molecule has 0 bridgehead atoms. The van der Waals surface area contributed by atoms with Gasteiger partial charge in [-0.25, -0.2) is 4.68 Å². The van der Waals surface area contributed by atoms with Gasteiger partial charge in [-0.05, 0) is 49.6 Å². The predicted octanol–water partition coefficient (Wildman–Crippen LogP) is 2.87. The maximum absolute atomic E-state index is 12.3. The maximum atomic E-state index is 12.3. The molecule has 1 unspecified atom stereocenters. The largest absolute Gasteiger partial charge is 0.368 e. The van der Waals surface area contributed by atoms with Gasteiger partial charge in [0.2, 0.25) is 5.91 Å². The average Bonchev–Trinajstić information content (AvgIpc) is 2.96. The van der Waals surface area contributed by atoms with Gasteiger partial charge in [0.1, 0.15) is 6.04 Å². The molecule has 5 heteroatoms. The van der Waals surface area contributed by atoms with Gasteiger partial charge in [0.25, 0.3) is 0 Å². The highest BCUT2D eigenvalue weighted by Gasteiger charge is 2.32. The smallest absolute Gasteiger partial charge is 0.239 e. The van der Waals surface area contributed by atoms with Gasteiger partial charge in [-0.1, -0.05) is 36.4 Å². The lowest BCUT2D eigenvalue weighted by Gasteiger charge is -2.35. The molecule has 1 aromatic heterocycles. The zero-order chi connectivity index (χ0) is 19.0. The van der Waals surface area contributed by atoms with E-state index in [9.17, 15) is 4.79 Å². The Bertz CT molecular complexity index is 977. The van der Waals surface area contributed by atoms with Crippen molar-refractivity contribution in [3.63, 3.8) is 0 Å². The fourth-order valence-corrected chi connectivity index (χ4v) is 3.98. The summed E-state index contributed by atoms with van der Waals surface area (Å²) in [5.41, 5.74) is 12.2. The fraction of sp³-hybridized carbons (Fsp3) is 0.273. The fourth-order valence-electron chi connectivity index (χ4n) is 3.98. The Kier molecular flexibility index (Phi) is 4.54. The Morgan fingerprint density at radius 3 is 2.78 bits per heavy atom. The van der Waals surface area contributed by atoms with Crippen molar-refractivity contribution >= 4 is 5.91 Å². The molecular weight excluding hydrogens is 336 g/mol. The van der Waals surface area contributed by atoms with Crippen molar-refractivity contribution in [2.45, 2.75) is 32.9 Å². The van der Waals surface area contributed by atoms with E-state index in [4.69, 9.17) is 10.8 Å². The molecule has 137 valence electrons. The number of nitrogens with two attached hydrogens (primary N) is 1. The Balaban J connectivity index is 1.68. The molecule has 27 heavy (non-hydrogen) atoms. The Hall–Kier alpha value is -2.92. The number of hydrogen-bond donors (Lipinski definition) is 1. The van der Waals surface area contributed by atoms with Crippen LogP contribution in [0.1, 0.15) is 34.1 Å². The van der Waals surface area contributed by atoms with Crippen LogP contribution in [0.2, 0.25) is 0 Å². The van der Waals surface area contributed by atoms with Crippen molar-refractivity contribution in [2.75, 3.05) is 6.54 Å². The normalized spacial score (nSPS) is 16.9. The Labute approximate surface area is 159 Å². The number of carbonyl (C=O) groups is 1. The van der Waals surface area contributed by atoms with Crippen LogP contribution < -0.4 is 5.73 Å². The summed E-state index contributed by atoms with van der Waals surface area (Å²) in [6, 6.07) is 18.6. The maximum Gasteiger partial charge on any atom is 0.239 e. The summed E-state index contributed by atoms with van der Waals surface area (Å²) in [5, 5.41) is 4.73. The van der Waals surface area contributed by atoms with Crippen molar-refractivity contribution in [1.82, 2.24) is 14.7 Å². The molecule has 0 saturated heterocycles. The first kappa shape index (κ1) is 17.5. The molecule has 1 amide bonds. The van der Waals surface area contributed by atoms with Crippen molar-refractivity contribution < 1.29 is 4.79 Å². The lowest BCUT2D eigenvalue weighted by molar-refractivity contribution is -0.124. The summed E-state index contributed by atoms with van der Waals surface area (Å²) in [4.78, 5) is 14.4. The molecule has 4 rings (SSSR count). The molecule has 2 heterocycles. The van der Waals surface area contributed by atoms with Crippen LogP contribution >= 0.6 is 0 Å². The van der Waals surface area contributed by atoms with Gasteiger partial charge in [0.15, 0.2) is 0 Å². The minimum Gasteiger partial charge on any atom is -0.368 e. The molecule has 2 N–H and O–H groups in total. The first-order valence-corrected chi connectivity index (χ1v) is 9.19. The van der Waals surface area contributed by atoms with Gasteiger partial charge in [0.05, 0.1) is 11.4 Å². The van der Waals surface area contributed by atoms with Crippen molar-refractivity contribution in [2.24, 2.45) is 5.73 Å².